The van der Waals surface area contributed by atoms with E-state index < -0.39 is 0 Å². The molecule has 26 heavy (non-hydrogen) atoms. The van der Waals surface area contributed by atoms with E-state index in [-0.39, 0.29) is 24.0 Å². The summed E-state index contributed by atoms with van der Waals surface area (Å²) in [7, 11) is 0. The summed E-state index contributed by atoms with van der Waals surface area (Å²) in [6.45, 7) is 7.17. The normalized spacial score (nSPS) is 20.3. The van der Waals surface area contributed by atoms with Crippen LogP contribution in [0, 0.1) is 17.6 Å². The SMILES string of the molecule is Cc1ccc([C@@H]2OCCC[C@@H]2C(=O)NCc2n[nH]c(=S)n2C(C)C)cc1. The minimum Gasteiger partial charge on any atom is -0.373 e. The van der Waals surface area contributed by atoms with Gasteiger partial charge in [0.2, 0.25) is 5.91 Å². The van der Waals surface area contributed by atoms with Crippen LogP contribution in [0.3, 0.4) is 0 Å². The van der Waals surface area contributed by atoms with Gasteiger partial charge in [-0.25, -0.2) is 0 Å². The molecule has 140 valence electrons. The van der Waals surface area contributed by atoms with Crippen LogP contribution in [0.15, 0.2) is 24.3 Å². The van der Waals surface area contributed by atoms with E-state index >= 15 is 0 Å². The molecule has 1 aliphatic rings. The Labute approximate surface area is 159 Å². The van der Waals surface area contributed by atoms with Crippen molar-refractivity contribution in [2.24, 2.45) is 5.92 Å². The number of aromatic nitrogens is 3. The van der Waals surface area contributed by atoms with Gasteiger partial charge in [0.15, 0.2) is 10.6 Å². The number of hydrogen-bond acceptors (Lipinski definition) is 4. The molecule has 1 aromatic carbocycles. The quantitative estimate of drug-likeness (QED) is 0.784. The predicted molar refractivity (Wildman–Crippen MR) is 102 cm³/mol. The maximum absolute atomic E-state index is 12.8. The number of nitrogens with one attached hydrogen (secondary N) is 2. The predicted octanol–water partition coefficient (Wildman–Crippen LogP) is 3.61. The summed E-state index contributed by atoms with van der Waals surface area (Å²) < 4.78 is 8.44. The number of ether oxygens (including phenoxy) is 1. The lowest BCUT2D eigenvalue weighted by atomic mass is 9.88. The van der Waals surface area contributed by atoms with Crippen molar-refractivity contribution in [3.05, 3.63) is 46.0 Å². The number of rotatable bonds is 5. The third-order valence-corrected chi connectivity index (χ3v) is 5.07. The van der Waals surface area contributed by atoms with Gasteiger partial charge < -0.3 is 14.6 Å². The maximum atomic E-state index is 12.8. The van der Waals surface area contributed by atoms with E-state index in [1.807, 2.05) is 18.4 Å². The third kappa shape index (κ3) is 4.04. The first kappa shape index (κ1) is 18.8. The first-order valence-corrected chi connectivity index (χ1v) is 9.50. The molecule has 1 amide bonds. The van der Waals surface area contributed by atoms with Gasteiger partial charge in [-0.2, -0.15) is 5.10 Å². The molecule has 2 atom stereocenters. The molecule has 0 bridgehead atoms. The minimum absolute atomic E-state index is 0.000463. The molecule has 7 heteroatoms. The Morgan fingerprint density at radius 3 is 2.85 bits per heavy atom. The van der Waals surface area contributed by atoms with Crippen LogP contribution in [0.2, 0.25) is 0 Å². The molecule has 0 saturated carbocycles. The van der Waals surface area contributed by atoms with Gasteiger partial charge in [-0.15, -0.1) is 0 Å². The second-order valence-corrected chi connectivity index (χ2v) is 7.46. The maximum Gasteiger partial charge on any atom is 0.226 e. The molecule has 1 aliphatic heterocycles. The number of carbonyl (C=O) groups excluding carboxylic acids is 1. The number of H-pyrrole nitrogens is 1. The van der Waals surface area contributed by atoms with Gasteiger partial charge >= 0.3 is 0 Å². The number of benzene rings is 1. The van der Waals surface area contributed by atoms with Crippen LogP contribution in [0.25, 0.3) is 0 Å². The van der Waals surface area contributed by atoms with Crippen molar-refractivity contribution in [3.63, 3.8) is 0 Å². The van der Waals surface area contributed by atoms with Gasteiger partial charge in [-0.1, -0.05) is 29.8 Å². The summed E-state index contributed by atoms with van der Waals surface area (Å²) in [5.74, 6) is 0.544. The molecule has 0 radical (unpaired) electrons. The summed E-state index contributed by atoms with van der Waals surface area (Å²) in [5.41, 5.74) is 2.25. The molecular formula is C19H26N4O2S. The fraction of sp³-hybridized carbons (Fsp3) is 0.526. The first-order chi connectivity index (χ1) is 12.5. The van der Waals surface area contributed by atoms with E-state index in [1.54, 1.807) is 0 Å². The molecule has 2 aromatic rings. The molecule has 0 aliphatic carbocycles. The second kappa shape index (κ2) is 8.14. The molecule has 2 heterocycles. The molecule has 0 spiro atoms. The molecule has 2 N–H and O–H groups in total. The highest BCUT2D eigenvalue weighted by molar-refractivity contribution is 7.71. The van der Waals surface area contributed by atoms with Crippen molar-refractivity contribution in [1.82, 2.24) is 20.1 Å². The Hall–Kier alpha value is -1.99. The van der Waals surface area contributed by atoms with Crippen molar-refractivity contribution in [2.75, 3.05) is 6.61 Å². The van der Waals surface area contributed by atoms with E-state index in [4.69, 9.17) is 17.0 Å². The Kier molecular flexibility index (Phi) is 5.88. The van der Waals surface area contributed by atoms with Crippen LogP contribution in [0.4, 0.5) is 0 Å². The Balaban J connectivity index is 1.71. The number of nitrogens with zero attached hydrogens (tertiary/aromatic N) is 2. The first-order valence-electron chi connectivity index (χ1n) is 9.09. The molecule has 1 saturated heterocycles. The minimum atomic E-state index is -0.199. The van der Waals surface area contributed by atoms with Crippen LogP contribution in [0.1, 0.15) is 55.8 Å². The van der Waals surface area contributed by atoms with Gasteiger partial charge in [-0.05, 0) is 51.4 Å². The summed E-state index contributed by atoms with van der Waals surface area (Å²) in [4.78, 5) is 12.8. The van der Waals surface area contributed by atoms with Crippen LogP contribution in [0.5, 0.6) is 0 Å². The topological polar surface area (TPSA) is 71.9 Å². The highest BCUT2D eigenvalue weighted by Gasteiger charge is 2.33. The van der Waals surface area contributed by atoms with E-state index in [1.165, 1.54) is 5.56 Å². The van der Waals surface area contributed by atoms with E-state index in [0.29, 0.717) is 17.9 Å². The lowest BCUT2D eigenvalue weighted by Gasteiger charge is -2.31. The number of amides is 1. The Bertz CT molecular complexity index is 810. The number of aryl methyl sites for hydroxylation is 1. The number of carbonyl (C=O) groups is 1. The Morgan fingerprint density at radius 2 is 2.15 bits per heavy atom. The van der Waals surface area contributed by atoms with E-state index in [0.717, 1.165) is 24.2 Å². The fourth-order valence-electron chi connectivity index (χ4n) is 3.43. The molecular weight excluding hydrogens is 348 g/mol. The fourth-order valence-corrected chi connectivity index (χ4v) is 3.79. The molecule has 1 aromatic heterocycles. The van der Waals surface area contributed by atoms with Gasteiger partial charge in [0.1, 0.15) is 0 Å². The largest absolute Gasteiger partial charge is 0.373 e. The van der Waals surface area contributed by atoms with Crippen molar-refractivity contribution in [2.45, 2.75) is 52.3 Å². The number of hydrogen-bond donors (Lipinski definition) is 2. The van der Waals surface area contributed by atoms with Gasteiger partial charge in [0.25, 0.3) is 0 Å². The van der Waals surface area contributed by atoms with Crippen LogP contribution in [-0.4, -0.2) is 27.3 Å². The molecule has 3 rings (SSSR count). The van der Waals surface area contributed by atoms with Crippen LogP contribution < -0.4 is 5.32 Å². The molecule has 0 unspecified atom stereocenters. The zero-order valence-electron chi connectivity index (χ0n) is 15.5. The molecule has 1 fully saturated rings. The van der Waals surface area contributed by atoms with Gasteiger partial charge in [0.05, 0.1) is 18.6 Å². The average molecular weight is 375 g/mol. The van der Waals surface area contributed by atoms with Crippen LogP contribution in [-0.2, 0) is 16.1 Å². The lowest BCUT2D eigenvalue weighted by Crippen LogP contribution is -2.37. The third-order valence-electron chi connectivity index (χ3n) is 4.78. The van der Waals surface area contributed by atoms with Crippen molar-refractivity contribution < 1.29 is 9.53 Å². The van der Waals surface area contributed by atoms with Gasteiger partial charge in [0, 0.05) is 12.6 Å². The van der Waals surface area contributed by atoms with Crippen molar-refractivity contribution in [3.8, 4) is 0 Å². The van der Waals surface area contributed by atoms with E-state index in [2.05, 4.69) is 46.7 Å². The lowest BCUT2D eigenvalue weighted by molar-refractivity contribution is -0.135. The zero-order valence-corrected chi connectivity index (χ0v) is 16.3. The Morgan fingerprint density at radius 1 is 1.42 bits per heavy atom. The van der Waals surface area contributed by atoms with Crippen molar-refractivity contribution in [1.29, 1.82) is 0 Å². The van der Waals surface area contributed by atoms with Crippen molar-refractivity contribution >= 4 is 18.1 Å². The zero-order chi connectivity index (χ0) is 18.7. The highest BCUT2D eigenvalue weighted by atomic mass is 32.1. The van der Waals surface area contributed by atoms with E-state index in [9.17, 15) is 4.79 Å². The average Bonchev–Trinajstić information content (AvgIpc) is 3.01. The highest BCUT2D eigenvalue weighted by Crippen LogP contribution is 2.34. The number of aromatic amines is 1. The summed E-state index contributed by atoms with van der Waals surface area (Å²) in [6.07, 6.45) is 1.52. The summed E-state index contributed by atoms with van der Waals surface area (Å²) >= 11 is 5.26. The smallest absolute Gasteiger partial charge is 0.226 e. The summed E-state index contributed by atoms with van der Waals surface area (Å²) in [5, 5.41) is 10.1. The molecule has 6 nitrogen and oxygen atoms in total. The van der Waals surface area contributed by atoms with Crippen LogP contribution >= 0.6 is 12.2 Å². The summed E-state index contributed by atoms with van der Waals surface area (Å²) in [6, 6.07) is 8.41. The monoisotopic (exact) mass is 374 g/mol. The second-order valence-electron chi connectivity index (χ2n) is 7.08. The van der Waals surface area contributed by atoms with Gasteiger partial charge in [-0.3, -0.25) is 9.89 Å². The standard InChI is InChI=1S/C19H26N4O2S/c1-12(2)23-16(21-22-19(23)26)11-20-18(24)15-5-4-10-25-17(15)14-8-6-13(3)7-9-14/h6-9,12,15,17H,4-5,10-11H2,1-3H3,(H,20,24)(H,22,26)/t15-,17-/m0/s1.